The highest BCUT2D eigenvalue weighted by Crippen LogP contribution is 2.38. The third-order valence-electron chi connectivity index (χ3n) is 6.32. The van der Waals surface area contributed by atoms with E-state index in [1.165, 1.54) is 23.1 Å². The van der Waals surface area contributed by atoms with Gasteiger partial charge in [0, 0.05) is 11.3 Å². The minimum atomic E-state index is -0.278. The second-order valence-electron chi connectivity index (χ2n) is 8.94. The van der Waals surface area contributed by atoms with Crippen molar-refractivity contribution in [2.24, 2.45) is 0 Å². The van der Waals surface area contributed by atoms with Gasteiger partial charge in [0.1, 0.15) is 4.83 Å². The van der Waals surface area contributed by atoms with Crippen LogP contribution in [0.15, 0.2) is 40.3 Å². The fourth-order valence-corrected chi connectivity index (χ4v) is 6.02. The number of rotatable bonds is 10. The molecule has 4 rings (SSSR count). The predicted molar refractivity (Wildman–Crippen MR) is 138 cm³/mol. The number of carbonyl (C=O) groups excluding carboxylic acids is 1. The minimum Gasteiger partial charge on any atom is -0.465 e. The summed E-state index contributed by atoms with van der Waals surface area (Å²) in [6.45, 7) is 7.68. The van der Waals surface area contributed by atoms with Crippen molar-refractivity contribution in [3.63, 3.8) is 0 Å². The molecule has 8 heteroatoms. The Bertz CT molecular complexity index is 1200. The highest BCUT2D eigenvalue weighted by atomic mass is 32.2. The quantitative estimate of drug-likeness (QED) is 0.157. The fraction of sp³-hybridized carbons (Fsp3) is 0.500. The molecular weight excluding hydrogens is 468 g/mol. The molecule has 2 aromatic heterocycles. The first-order valence-corrected chi connectivity index (χ1v) is 13.8. The average molecular weight is 501 g/mol. The molecule has 0 spiro atoms. The molecule has 0 amide bonds. The zero-order chi connectivity index (χ0) is 24.1. The number of unbranched alkanes of at least 4 members (excludes halogenated alkanes) is 2. The molecule has 0 saturated carbocycles. The molecule has 1 aromatic carbocycles. The van der Waals surface area contributed by atoms with Crippen LogP contribution < -0.4 is 5.56 Å². The van der Waals surface area contributed by atoms with Crippen molar-refractivity contribution in [1.29, 1.82) is 0 Å². The number of nitrogens with zero attached hydrogens (tertiary/aromatic N) is 2. The number of fused-ring (bicyclic) bond motifs is 3. The van der Waals surface area contributed by atoms with E-state index < -0.39 is 0 Å². The Morgan fingerprint density at radius 3 is 2.79 bits per heavy atom. The highest BCUT2D eigenvalue weighted by molar-refractivity contribution is 7.99. The molecule has 1 aliphatic heterocycles. The lowest BCUT2D eigenvalue weighted by molar-refractivity contribution is -0.140. The number of aromatic nitrogens is 2. The molecule has 6 nitrogen and oxygen atoms in total. The molecule has 0 saturated heterocycles. The van der Waals surface area contributed by atoms with E-state index in [4.69, 9.17) is 14.5 Å². The van der Waals surface area contributed by atoms with Gasteiger partial charge in [0.25, 0.3) is 5.56 Å². The molecular formula is C26H32N2O4S2. The summed E-state index contributed by atoms with van der Waals surface area (Å²) in [5, 5.41) is 1.25. The number of hydrogen-bond acceptors (Lipinski definition) is 7. The average Bonchev–Trinajstić information content (AvgIpc) is 3.20. The molecule has 0 bridgehead atoms. The summed E-state index contributed by atoms with van der Waals surface area (Å²) in [7, 11) is 0. The Labute approximate surface area is 208 Å². The number of thioether (sulfide) groups is 1. The van der Waals surface area contributed by atoms with Crippen LogP contribution in [0.5, 0.6) is 0 Å². The van der Waals surface area contributed by atoms with Gasteiger partial charge in [-0.2, -0.15) is 0 Å². The third-order valence-corrected chi connectivity index (χ3v) is 8.37. The Kier molecular flexibility index (Phi) is 8.11. The van der Waals surface area contributed by atoms with E-state index >= 15 is 0 Å². The number of thiophene rings is 1. The summed E-state index contributed by atoms with van der Waals surface area (Å²) >= 11 is 2.80. The Morgan fingerprint density at radius 1 is 1.26 bits per heavy atom. The molecule has 1 aliphatic rings. The third kappa shape index (κ3) is 5.56. The summed E-state index contributed by atoms with van der Waals surface area (Å²) in [6.07, 6.45) is 4.57. The van der Waals surface area contributed by atoms with Crippen molar-refractivity contribution in [3.05, 3.63) is 56.7 Å². The van der Waals surface area contributed by atoms with Crippen molar-refractivity contribution in [2.45, 2.75) is 76.8 Å². The van der Waals surface area contributed by atoms with Crippen LogP contribution in [0.25, 0.3) is 10.2 Å². The molecule has 3 heterocycles. The number of carbonyl (C=O) groups is 1. The first kappa shape index (κ1) is 24.9. The standard InChI is InChI=1S/C26H32N2O4S2/c1-4-6-10-13-31-21(29)17-33-25-27-23-22(19-14-26(3,5-2)32-16-20(19)34-23)24(30)28(25)15-18-11-8-7-9-12-18/h7-9,11-12H,4-6,10,13-17H2,1-3H3/t26-/m0/s1. The van der Waals surface area contributed by atoms with Crippen LogP contribution in [0.2, 0.25) is 0 Å². The van der Waals surface area contributed by atoms with Gasteiger partial charge >= 0.3 is 5.97 Å². The van der Waals surface area contributed by atoms with Gasteiger partial charge in [-0.1, -0.05) is 68.8 Å². The second kappa shape index (κ2) is 11.1. The van der Waals surface area contributed by atoms with E-state index in [-0.39, 0.29) is 22.9 Å². The Balaban J connectivity index is 1.67. The summed E-state index contributed by atoms with van der Waals surface area (Å²) in [5.74, 6) is -0.152. The number of benzene rings is 1. The summed E-state index contributed by atoms with van der Waals surface area (Å²) in [6, 6.07) is 9.88. The fourth-order valence-electron chi connectivity index (χ4n) is 4.08. The smallest absolute Gasteiger partial charge is 0.316 e. The zero-order valence-corrected chi connectivity index (χ0v) is 21.7. The first-order chi connectivity index (χ1) is 16.4. The predicted octanol–water partition coefficient (Wildman–Crippen LogP) is 5.57. The van der Waals surface area contributed by atoms with Gasteiger partial charge in [0.05, 0.1) is 36.5 Å². The Morgan fingerprint density at radius 2 is 2.06 bits per heavy atom. The number of ether oxygens (including phenoxy) is 2. The van der Waals surface area contributed by atoms with E-state index in [2.05, 4.69) is 20.8 Å². The van der Waals surface area contributed by atoms with Crippen molar-refractivity contribution in [2.75, 3.05) is 12.4 Å². The normalized spacial score (nSPS) is 17.6. The molecule has 0 fully saturated rings. The van der Waals surface area contributed by atoms with Crippen LogP contribution in [0.4, 0.5) is 0 Å². The van der Waals surface area contributed by atoms with Crippen molar-refractivity contribution in [1.82, 2.24) is 9.55 Å². The van der Waals surface area contributed by atoms with Crippen molar-refractivity contribution >= 4 is 39.3 Å². The SMILES string of the molecule is CCCCCOC(=O)CSc1nc2sc3c(c2c(=O)n1Cc1ccccc1)C[C@](C)(CC)OC3. The molecule has 182 valence electrons. The first-order valence-electron chi connectivity index (χ1n) is 12.0. The van der Waals surface area contributed by atoms with E-state index in [0.29, 0.717) is 36.7 Å². The maximum atomic E-state index is 13.8. The van der Waals surface area contributed by atoms with Gasteiger partial charge in [0.15, 0.2) is 5.16 Å². The molecule has 0 N–H and O–H groups in total. The van der Waals surface area contributed by atoms with Gasteiger partial charge in [-0.05, 0) is 30.9 Å². The van der Waals surface area contributed by atoms with Crippen LogP contribution in [-0.2, 0) is 33.8 Å². The van der Waals surface area contributed by atoms with Crippen LogP contribution in [0.3, 0.4) is 0 Å². The highest BCUT2D eigenvalue weighted by Gasteiger charge is 2.33. The van der Waals surface area contributed by atoms with Crippen molar-refractivity contribution in [3.8, 4) is 0 Å². The molecule has 1 atom stereocenters. The van der Waals surface area contributed by atoms with E-state index in [1.807, 2.05) is 30.3 Å². The lowest BCUT2D eigenvalue weighted by Crippen LogP contribution is -2.34. The maximum absolute atomic E-state index is 13.8. The monoisotopic (exact) mass is 500 g/mol. The van der Waals surface area contributed by atoms with Gasteiger partial charge in [-0.15, -0.1) is 11.3 Å². The summed E-state index contributed by atoms with van der Waals surface area (Å²) < 4.78 is 13.2. The topological polar surface area (TPSA) is 70.4 Å². The van der Waals surface area contributed by atoms with Crippen LogP contribution in [-0.4, -0.2) is 33.5 Å². The van der Waals surface area contributed by atoms with E-state index in [0.717, 1.165) is 46.5 Å². The van der Waals surface area contributed by atoms with Crippen molar-refractivity contribution < 1.29 is 14.3 Å². The van der Waals surface area contributed by atoms with Gasteiger partial charge in [-0.25, -0.2) is 4.98 Å². The number of esters is 1. The van der Waals surface area contributed by atoms with Gasteiger partial charge < -0.3 is 9.47 Å². The van der Waals surface area contributed by atoms with Gasteiger partial charge in [0.2, 0.25) is 0 Å². The number of hydrogen-bond donors (Lipinski definition) is 0. The van der Waals surface area contributed by atoms with Crippen LogP contribution in [0.1, 0.15) is 62.5 Å². The van der Waals surface area contributed by atoms with Gasteiger partial charge in [-0.3, -0.25) is 14.2 Å². The summed E-state index contributed by atoms with van der Waals surface area (Å²) in [5.41, 5.74) is 1.76. The van der Waals surface area contributed by atoms with E-state index in [1.54, 1.807) is 4.57 Å². The van der Waals surface area contributed by atoms with E-state index in [9.17, 15) is 9.59 Å². The summed E-state index contributed by atoms with van der Waals surface area (Å²) in [4.78, 5) is 32.8. The van der Waals surface area contributed by atoms with Crippen LogP contribution >= 0.6 is 23.1 Å². The lowest BCUT2D eigenvalue weighted by Gasteiger charge is -2.32. The zero-order valence-electron chi connectivity index (χ0n) is 20.1. The van der Waals surface area contributed by atoms with Crippen LogP contribution in [0, 0.1) is 0 Å². The lowest BCUT2D eigenvalue weighted by atomic mass is 9.90. The molecule has 34 heavy (non-hydrogen) atoms. The maximum Gasteiger partial charge on any atom is 0.316 e. The Hall–Kier alpha value is -2.16. The molecule has 0 radical (unpaired) electrons. The second-order valence-corrected chi connectivity index (χ2v) is 11.0. The molecule has 0 unspecified atom stereocenters. The molecule has 0 aliphatic carbocycles. The minimum absolute atomic E-state index is 0.0504. The molecule has 3 aromatic rings. The largest absolute Gasteiger partial charge is 0.465 e.